The highest BCUT2D eigenvalue weighted by Crippen LogP contribution is 2.29. The number of carbonyl (C=O) groups is 3. The molecule has 1 unspecified atom stereocenters. The Bertz CT molecular complexity index is 977. The molecule has 1 saturated heterocycles. The number of carbonyl (C=O) groups excluding carboxylic acids is 3. The number of hydrogen-bond acceptors (Lipinski definition) is 5. The molecule has 1 aliphatic rings. The van der Waals surface area contributed by atoms with Crippen molar-refractivity contribution in [3.8, 4) is 5.75 Å². The van der Waals surface area contributed by atoms with Gasteiger partial charge in [0.15, 0.2) is 0 Å². The highest BCUT2D eigenvalue weighted by atomic mass is 32.2. The Kier molecular flexibility index (Phi) is 6.35. The number of methoxy groups -OCH3 is 1. The number of rotatable bonds is 6. The number of ether oxygens (including phenoxy) is 1. The number of amides is 3. The molecule has 30 heavy (non-hydrogen) atoms. The van der Waals surface area contributed by atoms with Crippen LogP contribution in [0.2, 0.25) is 0 Å². The summed E-state index contributed by atoms with van der Waals surface area (Å²) in [5.41, 5.74) is 0.623. The van der Waals surface area contributed by atoms with Crippen LogP contribution in [-0.2, 0) is 23.9 Å². The van der Waals surface area contributed by atoms with Crippen LogP contribution in [0.4, 0.5) is 18.0 Å². The van der Waals surface area contributed by atoms with E-state index in [0.29, 0.717) is 16.9 Å². The van der Waals surface area contributed by atoms with Gasteiger partial charge in [-0.05, 0) is 41.8 Å². The summed E-state index contributed by atoms with van der Waals surface area (Å²) in [5.74, 6) is -0.550. The molecule has 0 spiro atoms. The number of halogens is 3. The third kappa shape index (κ3) is 5.12. The number of thioether (sulfide) groups is 1. The molecule has 1 atom stereocenters. The van der Waals surface area contributed by atoms with Crippen molar-refractivity contribution in [3.63, 3.8) is 0 Å². The largest absolute Gasteiger partial charge is 0.496 e. The van der Waals surface area contributed by atoms with E-state index in [1.807, 2.05) is 0 Å². The van der Waals surface area contributed by atoms with Crippen molar-refractivity contribution in [2.45, 2.75) is 24.4 Å². The highest BCUT2D eigenvalue weighted by molar-refractivity contribution is 8.15. The van der Waals surface area contributed by atoms with Gasteiger partial charge in [0.25, 0.3) is 11.1 Å². The standard InChI is InChI=1S/C20H17F3N2O4S/c1-29-15-7-4-12(9-16-18(27)25-19(28)30-16)8-14(15)17(26)24-10-11-2-5-13(6-3-11)20(21,22)23/h2-8,16H,9-10H2,1H3,(H,24,26)(H,25,27,28)/i16+1,18+1,19+1,25+1. The molecule has 2 aromatic rings. The minimum absolute atomic E-state index is 0.0275. The topological polar surface area (TPSA) is 84.5 Å². The molecule has 0 radical (unpaired) electrons. The van der Waals surface area contributed by atoms with Crippen molar-refractivity contribution in [2.75, 3.05) is 7.11 Å². The van der Waals surface area contributed by atoms with Gasteiger partial charge >= 0.3 is 6.18 Å². The molecule has 1 fully saturated rings. The number of nitrogens with one attached hydrogen (secondary N) is 2. The molecular formula is C20H17F3N2O4S. The van der Waals surface area contributed by atoms with Crippen LogP contribution in [0.15, 0.2) is 42.5 Å². The van der Waals surface area contributed by atoms with E-state index in [0.717, 1.165) is 23.9 Å². The summed E-state index contributed by atoms with van der Waals surface area (Å²) >= 11 is 0.892. The lowest BCUT2D eigenvalue weighted by atomic mass is 10.1. The first-order valence-electron chi connectivity index (χ1n) is 8.80. The third-order valence-electron chi connectivity index (χ3n) is 4.43. The predicted octanol–water partition coefficient (Wildman–Crippen LogP) is 3.54. The van der Waals surface area contributed by atoms with Crippen LogP contribution in [0.1, 0.15) is 27.0 Å². The van der Waals surface area contributed by atoms with E-state index in [9.17, 15) is 27.6 Å². The van der Waals surface area contributed by atoms with Crippen molar-refractivity contribution in [1.82, 2.24) is 10.6 Å². The summed E-state index contributed by atoms with van der Waals surface area (Å²) in [7, 11) is 1.40. The second kappa shape index (κ2) is 8.78. The van der Waals surface area contributed by atoms with Crippen LogP contribution in [0.5, 0.6) is 5.75 Å². The number of alkyl halides is 3. The molecule has 6 nitrogen and oxygen atoms in total. The fourth-order valence-corrected chi connectivity index (χ4v) is 3.75. The molecule has 2 N–H and O–H groups in total. The first-order valence-corrected chi connectivity index (χ1v) is 9.68. The zero-order valence-corrected chi connectivity index (χ0v) is 16.5. The van der Waals surface area contributed by atoms with Crippen molar-refractivity contribution >= 4 is 28.8 Å². The monoisotopic (exact) mass is 442 g/mol. The molecule has 1 heterocycles. The van der Waals surface area contributed by atoms with E-state index in [4.69, 9.17) is 4.74 Å². The molecule has 0 aliphatic carbocycles. The van der Waals surface area contributed by atoms with Gasteiger partial charge in [0.05, 0.1) is 23.5 Å². The van der Waals surface area contributed by atoms with Crippen LogP contribution < -0.4 is 15.4 Å². The number of benzene rings is 2. The maximum Gasteiger partial charge on any atom is 0.416 e. The molecule has 158 valence electrons. The van der Waals surface area contributed by atoms with Crippen molar-refractivity contribution in [2.24, 2.45) is 0 Å². The van der Waals surface area contributed by atoms with E-state index >= 15 is 0 Å². The van der Waals surface area contributed by atoms with Gasteiger partial charge in [-0.3, -0.25) is 19.7 Å². The normalized spacial score (nSPS) is 16.3. The minimum Gasteiger partial charge on any atom is -0.496 e. The SMILES string of the molecule is COc1ccc(C[13CH]2S[13C](=O)[15NH][13C]2=O)cc1C(=O)NCc1ccc(C(F)(F)F)cc1. The quantitative estimate of drug-likeness (QED) is 0.528. The second-order valence-electron chi connectivity index (χ2n) is 6.50. The molecule has 0 saturated carbocycles. The Morgan fingerprint density at radius 1 is 1.13 bits per heavy atom. The summed E-state index contributed by atoms with van der Waals surface area (Å²) in [5, 5.41) is 3.87. The molecule has 10 heteroatoms. The van der Waals surface area contributed by atoms with Crippen LogP contribution in [0, 0.1) is 0 Å². The average molecular weight is 442 g/mol. The molecular weight excluding hydrogens is 425 g/mol. The van der Waals surface area contributed by atoms with Crippen molar-refractivity contribution < 1.29 is 32.3 Å². The Hall–Kier alpha value is -3.01. The highest BCUT2D eigenvalue weighted by Gasteiger charge is 2.32. The van der Waals surface area contributed by atoms with Gasteiger partial charge in [-0.2, -0.15) is 13.2 Å². The van der Waals surface area contributed by atoms with E-state index in [-0.39, 0.29) is 24.4 Å². The Morgan fingerprint density at radius 2 is 1.80 bits per heavy atom. The van der Waals surface area contributed by atoms with Gasteiger partial charge < -0.3 is 10.1 Å². The Balaban J connectivity index is 1.69. The minimum atomic E-state index is -4.42. The van der Waals surface area contributed by atoms with Crippen molar-refractivity contribution in [1.29, 1.82) is 0 Å². The molecule has 2 aromatic carbocycles. The van der Waals surface area contributed by atoms with Gasteiger partial charge in [-0.1, -0.05) is 30.0 Å². The molecule has 3 rings (SSSR count). The number of imide groups is 1. The fourth-order valence-electron chi connectivity index (χ4n) is 2.89. The smallest absolute Gasteiger partial charge is 0.416 e. The fraction of sp³-hybridized carbons (Fsp3) is 0.250. The molecule has 0 aromatic heterocycles. The number of hydrogen-bond donors (Lipinski definition) is 2. The maximum absolute atomic E-state index is 12.6. The van der Waals surface area contributed by atoms with Gasteiger partial charge in [0.1, 0.15) is 5.75 Å². The maximum atomic E-state index is 12.6. The lowest BCUT2D eigenvalue weighted by Gasteiger charge is -2.13. The van der Waals surface area contributed by atoms with E-state index in [1.54, 1.807) is 18.2 Å². The van der Waals surface area contributed by atoms with Gasteiger partial charge in [-0.25, -0.2) is 0 Å². The van der Waals surface area contributed by atoms with Crippen LogP contribution in [-0.4, -0.2) is 29.4 Å². The third-order valence-corrected chi connectivity index (χ3v) is 5.41. The second-order valence-corrected chi connectivity index (χ2v) is 7.67. The lowest BCUT2D eigenvalue weighted by molar-refractivity contribution is -0.137. The predicted molar refractivity (Wildman–Crippen MR) is 104 cm³/mol. The first-order chi connectivity index (χ1) is 14.2. The van der Waals surface area contributed by atoms with Crippen LogP contribution in [0.25, 0.3) is 0 Å². The lowest BCUT2D eigenvalue weighted by Crippen LogP contribution is -2.26. The summed E-state index contributed by atoms with van der Waals surface area (Å²) in [6, 6.07) is 9.34. The first kappa shape index (κ1) is 21.7. The summed E-state index contributed by atoms with van der Waals surface area (Å²) in [4.78, 5) is 35.7. The van der Waals surface area contributed by atoms with Gasteiger partial charge in [0, 0.05) is 6.54 Å². The molecule has 3 amide bonds. The Labute approximate surface area is 174 Å². The van der Waals surface area contributed by atoms with Crippen LogP contribution in [0.3, 0.4) is 0 Å². The van der Waals surface area contributed by atoms with E-state index in [1.165, 1.54) is 19.2 Å². The van der Waals surface area contributed by atoms with E-state index < -0.39 is 28.1 Å². The van der Waals surface area contributed by atoms with Gasteiger partial charge in [-0.15, -0.1) is 0 Å². The van der Waals surface area contributed by atoms with Crippen LogP contribution >= 0.6 is 11.8 Å². The summed E-state index contributed by atoms with van der Waals surface area (Å²) < 4.78 is 43.1. The van der Waals surface area contributed by atoms with Crippen molar-refractivity contribution in [3.05, 3.63) is 64.7 Å². The zero-order chi connectivity index (χ0) is 21.9. The zero-order valence-electron chi connectivity index (χ0n) is 15.7. The summed E-state index contributed by atoms with van der Waals surface area (Å²) in [6.45, 7) is 0.0275. The summed E-state index contributed by atoms with van der Waals surface area (Å²) in [6.07, 6.45) is -4.17. The van der Waals surface area contributed by atoms with Gasteiger partial charge in [0.2, 0.25) is 5.91 Å². The Morgan fingerprint density at radius 3 is 2.37 bits per heavy atom. The molecule has 0 bridgehead atoms. The molecule has 1 aliphatic heterocycles. The average Bonchev–Trinajstić information content (AvgIpc) is 3.02. The van der Waals surface area contributed by atoms with E-state index in [2.05, 4.69) is 10.6 Å².